The van der Waals surface area contributed by atoms with Crippen molar-refractivity contribution in [1.29, 1.82) is 0 Å². The molecular formula is C23H33NO4S. The second-order valence-corrected chi connectivity index (χ2v) is 9.72. The first-order valence-electron chi connectivity index (χ1n) is 9.90. The minimum absolute atomic E-state index is 0.148. The second-order valence-electron chi connectivity index (χ2n) is 8.01. The van der Waals surface area contributed by atoms with Gasteiger partial charge in [0.1, 0.15) is 11.5 Å². The van der Waals surface area contributed by atoms with Gasteiger partial charge in [-0.25, -0.2) is 13.1 Å². The van der Waals surface area contributed by atoms with Crippen LogP contribution in [0.4, 0.5) is 0 Å². The number of methoxy groups -OCH3 is 2. The van der Waals surface area contributed by atoms with Crippen LogP contribution >= 0.6 is 0 Å². The predicted molar refractivity (Wildman–Crippen MR) is 118 cm³/mol. The Bertz CT molecular complexity index is 965. The maximum atomic E-state index is 13.1. The first-order valence-corrected chi connectivity index (χ1v) is 11.4. The lowest BCUT2D eigenvalue weighted by molar-refractivity contribution is 0.406. The van der Waals surface area contributed by atoms with E-state index in [1.807, 2.05) is 39.8 Å². The van der Waals surface area contributed by atoms with Gasteiger partial charge in [0.25, 0.3) is 0 Å². The van der Waals surface area contributed by atoms with Crippen molar-refractivity contribution in [3.8, 4) is 11.5 Å². The van der Waals surface area contributed by atoms with Gasteiger partial charge in [-0.15, -0.1) is 0 Å². The number of hydrogen-bond acceptors (Lipinski definition) is 4. The first-order chi connectivity index (χ1) is 13.5. The number of nitrogens with one attached hydrogen (secondary N) is 1. The topological polar surface area (TPSA) is 64.6 Å². The summed E-state index contributed by atoms with van der Waals surface area (Å²) in [6.07, 6.45) is 0. The quantitative estimate of drug-likeness (QED) is 0.631. The van der Waals surface area contributed by atoms with Crippen molar-refractivity contribution in [2.45, 2.75) is 64.3 Å². The van der Waals surface area contributed by atoms with Crippen molar-refractivity contribution in [3.05, 3.63) is 52.6 Å². The molecule has 5 nitrogen and oxygen atoms in total. The number of hydrogen-bond donors (Lipinski definition) is 1. The molecule has 0 aliphatic carbocycles. The Kier molecular flexibility index (Phi) is 7.35. The Hall–Kier alpha value is -2.05. The van der Waals surface area contributed by atoms with Crippen LogP contribution in [0.1, 0.15) is 74.8 Å². The number of ether oxygens (including phenoxy) is 2. The summed E-state index contributed by atoms with van der Waals surface area (Å²) in [5.41, 5.74) is 3.85. The fourth-order valence-corrected chi connectivity index (χ4v) is 4.76. The van der Waals surface area contributed by atoms with E-state index in [0.717, 1.165) is 28.0 Å². The smallest absolute Gasteiger partial charge is 0.241 e. The number of rotatable bonds is 8. The second kappa shape index (κ2) is 9.18. The summed E-state index contributed by atoms with van der Waals surface area (Å²) in [5, 5.41) is 0. The minimum Gasteiger partial charge on any atom is -0.496 e. The Morgan fingerprint density at radius 3 is 1.86 bits per heavy atom. The van der Waals surface area contributed by atoms with Gasteiger partial charge in [0.15, 0.2) is 0 Å². The Labute approximate surface area is 175 Å². The molecule has 0 amide bonds. The highest BCUT2D eigenvalue weighted by Crippen LogP contribution is 2.33. The molecule has 1 N–H and O–H groups in total. The third kappa shape index (κ3) is 5.11. The monoisotopic (exact) mass is 419 g/mol. The third-order valence-corrected chi connectivity index (χ3v) is 6.71. The molecule has 29 heavy (non-hydrogen) atoms. The highest BCUT2D eigenvalue weighted by Gasteiger charge is 2.23. The fourth-order valence-electron chi connectivity index (χ4n) is 3.51. The lowest BCUT2D eigenvalue weighted by Gasteiger charge is -2.21. The van der Waals surface area contributed by atoms with E-state index in [4.69, 9.17) is 9.47 Å². The van der Waals surface area contributed by atoms with E-state index in [2.05, 4.69) is 18.6 Å². The maximum Gasteiger partial charge on any atom is 0.241 e. The van der Waals surface area contributed by atoms with Crippen molar-refractivity contribution < 1.29 is 17.9 Å². The van der Waals surface area contributed by atoms with Gasteiger partial charge in [-0.05, 0) is 78.3 Å². The Morgan fingerprint density at radius 1 is 0.793 bits per heavy atom. The lowest BCUT2D eigenvalue weighted by atomic mass is 9.94. The number of aryl methyl sites for hydroxylation is 1. The summed E-state index contributed by atoms with van der Waals surface area (Å²) < 4.78 is 39.8. The summed E-state index contributed by atoms with van der Waals surface area (Å²) in [5.74, 6) is 1.94. The summed E-state index contributed by atoms with van der Waals surface area (Å²) in [4.78, 5) is 0.240. The van der Waals surface area contributed by atoms with E-state index in [1.165, 1.54) is 0 Å². The molecule has 0 saturated heterocycles. The average Bonchev–Trinajstić information content (AvgIpc) is 2.66. The standard InChI is InChI=1S/C23H33NO4S/c1-14(2)19-12-18(9-10-22(19)27-7)29(25,26)24-17(6)21-13-20(15(3)4)23(28-8)11-16(21)5/h9-15,17,24H,1-8H3/t17-/m1/s1. The normalized spacial score (nSPS) is 13.0. The summed E-state index contributed by atoms with van der Waals surface area (Å²) in [7, 11) is -0.444. The van der Waals surface area contributed by atoms with Crippen LogP contribution in [-0.4, -0.2) is 22.6 Å². The molecule has 0 unspecified atom stereocenters. The third-order valence-electron chi connectivity index (χ3n) is 5.17. The molecule has 160 valence electrons. The van der Waals surface area contributed by atoms with E-state index >= 15 is 0 Å². The van der Waals surface area contributed by atoms with E-state index in [1.54, 1.807) is 32.4 Å². The summed E-state index contributed by atoms with van der Waals surface area (Å²) >= 11 is 0. The van der Waals surface area contributed by atoms with Gasteiger partial charge in [-0.2, -0.15) is 0 Å². The molecule has 1 atom stereocenters. The van der Waals surface area contributed by atoms with E-state index < -0.39 is 10.0 Å². The van der Waals surface area contributed by atoms with Crippen LogP contribution in [0.15, 0.2) is 35.2 Å². The molecule has 0 saturated carbocycles. The van der Waals surface area contributed by atoms with Crippen LogP contribution in [0, 0.1) is 6.92 Å². The van der Waals surface area contributed by atoms with E-state index in [0.29, 0.717) is 5.75 Å². The molecule has 0 bridgehead atoms. The fraction of sp³-hybridized carbons (Fsp3) is 0.478. The van der Waals surface area contributed by atoms with Crippen LogP contribution in [0.2, 0.25) is 0 Å². The average molecular weight is 420 g/mol. The van der Waals surface area contributed by atoms with Gasteiger partial charge in [0, 0.05) is 6.04 Å². The van der Waals surface area contributed by atoms with Crippen molar-refractivity contribution in [2.75, 3.05) is 14.2 Å². The number of benzene rings is 2. The first kappa shape index (κ1) is 23.2. The van der Waals surface area contributed by atoms with Crippen LogP contribution in [0.25, 0.3) is 0 Å². The zero-order valence-electron chi connectivity index (χ0n) is 18.7. The molecule has 0 heterocycles. The zero-order chi connectivity index (χ0) is 21.9. The molecule has 0 aromatic heterocycles. The lowest BCUT2D eigenvalue weighted by Crippen LogP contribution is -2.27. The Balaban J connectivity index is 2.41. The van der Waals surface area contributed by atoms with Crippen molar-refractivity contribution in [3.63, 3.8) is 0 Å². The van der Waals surface area contributed by atoms with E-state index in [9.17, 15) is 8.42 Å². The molecule has 0 aliphatic rings. The van der Waals surface area contributed by atoms with Gasteiger partial charge in [0.05, 0.1) is 19.1 Å². The van der Waals surface area contributed by atoms with Gasteiger partial charge < -0.3 is 9.47 Å². The van der Waals surface area contributed by atoms with Crippen LogP contribution < -0.4 is 14.2 Å². The molecule has 0 radical (unpaired) electrons. The van der Waals surface area contributed by atoms with E-state index in [-0.39, 0.29) is 22.8 Å². The molecule has 0 aliphatic heterocycles. The maximum absolute atomic E-state index is 13.1. The SMILES string of the molecule is COc1ccc(S(=O)(=O)N[C@H](C)c2cc(C(C)C)c(OC)cc2C)cc1C(C)C. The number of sulfonamides is 1. The molecule has 2 aromatic carbocycles. The van der Waals surface area contributed by atoms with Gasteiger partial charge in [-0.1, -0.05) is 27.7 Å². The molecule has 6 heteroatoms. The van der Waals surface area contributed by atoms with Crippen LogP contribution in [0.3, 0.4) is 0 Å². The van der Waals surface area contributed by atoms with Gasteiger partial charge in [0.2, 0.25) is 10.0 Å². The van der Waals surface area contributed by atoms with Crippen LogP contribution in [0.5, 0.6) is 11.5 Å². The van der Waals surface area contributed by atoms with Crippen molar-refractivity contribution in [2.24, 2.45) is 0 Å². The van der Waals surface area contributed by atoms with Gasteiger partial charge >= 0.3 is 0 Å². The predicted octanol–water partition coefficient (Wildman–Crippen LogP) is 5.30. The molecule has 0 spiro atoms. The molecule has 0 fully saturated rings. The highest BCUT2D eigenvalue weighted by atomic mass is 32.2. The zero-order valence-corrected chi connectivity index (χ0v) is 19.5. The summed E-state index contributed by atoms with van der Waals surface area (Å²) in [6, 6.07) is 8.62. The largest absolute Gasteiger partial charge is 0.496 e. The van der Waals surface area contributed by atoms with Crippen molar-refractivity contribution in [1.82, 2.24) is 4.72 Å². The molecule has 2 aromatic rings. The summed E-state index contributed by atoms with van der Waals surface area (Å²) in [6.45, 7) is 12.0. The minimum atomic E-state index is -3.69. The van der Waals surface area contributed by atoms with Gasteiger partial charge in [-0.3, -0.25) is 0 Å². The van der Waals surface area contributed by atoms with Crippen molar-refractivity contribution >= 4 is 10.0 Å². The van der Waals surface area contributed by atoms with Crippen LogP contribution in [-0.2, 0) is 10.0 Å². The molecular weight excluding hydrogens is 386 g/mol. The Morgan fingerprint density at radius 2 is 1.34 bits per heavy atom. The molecule has 2 rings (SSSR count). The highest BCUT2D eigenvalue weighted by molar-refractivity contribution is 7.89.